The van der Waals surface area contributed by atoms with E-state index in [0.717, 1.165) is 0 Å². The summed E-state index contributed by atoms with van der Waals surface area (Å²) in [5, 5.41) is 10.4. The van der Waals surface area contributed by atoms with Crippen LogP contribution in [0.25, 0.3) is 0 Å². The zero-order valence-corrected chi connectivity index (χ0v) is 13.3. The minimum absolute atomic E-state index is 0.0447. The van der Waals surface area contributed by atoms with E-state index < -0.39 is 5.97 Å². The smallest absolute Gasteiger partial charge is 0.360 e. The first-order chi connectivity index (χ1) is 9.81. The fraction of sp³-hybridized carbons (Fsp3) is 0.714. The Balaban J connectivity index is 2.62. The van der Waals surface area contributed by atoms with Crippen molar-refractivity contribution in [3.63, 3.8) is 0 Å². The van der Waals surface area contributed by atoms with Gasteiger partial charge in [-0.3, -0.25) is 4.79 Å². The van der Waals surface area contributed by atoms with Gasteiger partial charge < -0.3 is 10.1 Å². The van der Waals surface area contributed by atoms with E-state index in [2.05, 4.69) is 15.6 Å². The molecule has 0 aliphatic rings. The number of carbonyl (C=O) groups excluding carboxylic acids is 2. The van der Waals surface area contributed by atoms with Crippen molar-refractivity contribution < 1.29 is 14.3 Å². The predicted octanol–water partition coefficient (Wildman–Crippen LogP) is 1.17. The molecule has 1 aromatic heterocycles. The molecule has 1 heterocycles. The van der Waals surface area contributed by atoms with Gasteiger partial charge in [-0.25, -0.2) is 9.48 Å². The van der Waals surface area contributed by atoms with Crippen LogP contribution < -0.4 is 5.32 Å². The van der Waals surface area contributed by atoms with Crippen molar-refractivity contribution in [3.8, 4) is 0 Å². The van der Waals surface area contributed by atoms with Gasteiger partial charge in [0.05, 0.1) is 12.3 Å². The molecule has 21 heavy (non-hydrogen) atoms. The van der Waals surface area contributed by atoms with Gasteiger partial charge in [0.25, 0.3) is 0 Å². The van der Waals surface area contributed by atoms with Gasteiger partial charge in [-0.05, 0) is 18.8 Å². The second kappa shape index (κ2) is 7.75. The maximum Gasteiger partial charge on any atom is 0.360 e. The molecule has 1 aromatic rings. The minimum atomic E-state index is -0.505. The van der Waals surface area contributed by atoms with Crippen LogP contribution in [0.5, 0.6) is 0 Å². The molecule has 1 N–H and O–H groups in total. The minimum Gasteiger partial charge on any atom is -0.461 e. The Morgan fingerprint density at radius 2 is 1.90 bits per heavy atom. The van der Waals surface area contributed by atoms with Crippen LogP contribution in [-0.2, 0) is 16.1 Å². The summed E-state index contributed by atoms with van der Waals surface area (Å²) in [6.07, 6.45) is 0. The van der Waals surface area contributed by atoms with Crippen molar-refractivity contribution in [3.05, 3.63) is 11.4 Å². The lowest BCUT2D eigenvalue weighted by Gasteiger charge is -2.08. The van der Waals surface area contributed by atoms with Gasteiger partial charge in [0, 0.05) is 6.54 Å². The highest BCUT2D eigenvalue weighted by atomic mass is 16.5. The highest BCUT2D eigenvalue weighted by Crippen LogP contribution is 2.06. The second-order valence-electron chi connectivity index (χ2n) is 5.87. The topological polar surface area (TPSA) is 86.1 Å². The first kappa shape index (κ1) is 17.1. The van der Waals surface area contributed by atoms with Crippen LogP contribution >= 0.6 is 0 Å². The highest BCUT2D eigenvalue weighted by Gasteiger charge is 2.19. The Hall–Kier alpha value is -1.92. The predicted molar refractivity (Wildman–Crippen MR) is 77.7 cm³/mol. The Morgan fingerprint density at radius 3 is 2.48 bits per heavy atom. The van der Waals surface area contributed by atoms with E-state index in [4.69, 9.17) is 4.74 Å². The lowest BCUT2D eigenvalue weighted by atomic mass is 10.2. The van der Waals surface area contributed by atoms with Crippen molar-refractivity contribution in [1.29, 1.82) is 0 Å². The van der Waals surface area contributed by atoms with E-state index in [1.54, 1.807) is 6.92 Å². The number of amides is 1. The number of esters is 1. The fourth-order valence-corrected chi connectivity index (χ4v) is 1.52. The molecule has 0 saturated heterocycles. The third-order valence-electron chi connectivity index (χ3n) is 2.72. The monoisotopic (exact) mass is 296 g/mol. The Morgan fingerprint density at radius 1 is 1.24 bits per heavy atom. The summed E-state index contributed by atoms with van der Waals surface area (Å²) in [6, 6.07) is 0. The Labute approximate surface area is 125 Å². The highest BCUT2D eigenvalue weighted by molar-refractivity contribution is 5.88. The molecule has 118 valence electrons. The SMILES string of the molecule is Cc1c(C(=O)OCC(C)C)nnn1CC(=O)NCC(C)C. The molecule has 0 aromatic carbocycles. The molecule has 7 heteroatoms. The molecule has 0 saturated carbocycles. The summed E-state index contributed by atoms with van der Waals surface area (Å²) in [4.78, 5) is 23.6. The summed E-state index contributed by atoms with van der Waals surface area (Å²) in [5.74, 6) is -0.0210. The summed E-state index contributed by atoms with van der Waals surface area (Å²) in [7, 11) is 0. The zero-order chi connectivity index (χ0) is 16.0. The van der Waals surface area contributed by atoms with Crippen LogP contribution in [0, 0.1) is 18.8 Å². The normalized spacial score (nSPS) is 11.0. The molecule has 0 aliphatic heterocycles. The summed E-state index contributed by atoms with van der Waals surface area (Å²) < 4.78 is 6.52. The van der Waals surface area contributed by atoms with E-state index >= 15 is 0 Å². The van der Waals surface area contributed by atoms with E-state index in [1.165, 1.54) is 4.68 Å². The lowest BCUT2D eigenvalue weighted by Crippen LogP contribution is -2.31. The molecular weight excluding hydrogens is 272 g/mol. The number of aromatic nitrogens is 3. The van der Waals surface area contributed by atoms with Crippen LogP contribution in [0.4, 0.5) is 0 Å². The Bertz CT molecular complexity index is 494. The van der Waals surface area contributed by atoms with Gasteiger partial charge in [-0.15, -0.1) is 5.10 Å². The molecule has 1 amide bonds. The molecule has 0 unspecified atom stereocenters. The summed E-state index contributed by atoms with van der Waals surface area (Å²) in [5.41, 5.74) is 0.691. The molecule has 0 bridgehead atoms. The number of ether oxygens (including phenoxy) is 1. The van der Waals surface area contributed by atoms with Gasteiger partial charge >= 0.3 is 5.97 Å². The van der Waals surface area contributed by atoms with Crippen molar-refractivity contribution in [2.45, 2.75) is 41.2 Å². The molecule has 0 fully saturated rings. The van der Waals surface area contributed by atoms with Crippen molar-refractivity contribution in [1.82, 2.24) is 20.3 Å². The van der Waals surface area contributed by atoms with Crippen LogP contribution in [0.3, 0.4) is 0 Å². The number of carbonyl (C=O) groups is 2. The third-order valence-corrected chi connectivity index (χ3v) is 2.72. The number of nitrogens with zero attached hydrogens (tertiary/aromatic N) is 3. The zero-order valence-electron chi connectivity index (χ0n) is 13.3. The first-order valence-corrected chi connectivity index (χ1v) is 7.15. The van der Waals surface area contributed by atoms with Gasteiger partial charge in [0.2, 0.25) is 5.91 Å². The third kappa shape index (κ3) is 5.53. The van der Waals surface area contributed by atoms with Crippen molar-refractivity contribution in [2.24, 2.45) is 11.8 Å². The fourth-order valence-electron chi connectivity index (χ4n) is 1.52. The number of nitrogens with one attached hydrogen (secondary N) is 1. The number of rotatable bonds is 7. The van der Waals surface area contributed by atoms with Crippen molar-refractivity contribution >= 4 is 11.9 Å². The largest absolute Gasteiger partial charge is 0.461 e. The van der Waals surface area contributed by atoms with Crippen LogP contribution in [0.15, 0.2) is 0 Å². The van der Waals surface area contributed by atoms with Gasteiger partial charge in [0.15, 0.2) is 5.69 Å². The quantitative estimate of drug-likeness (QED) is 0.763. The van der Waals surface area contributed by atoms with E-state index in [1.807, 2.05) is 27.7 Å². The lowest BCUT2D eigenvalue weighted by molar-refractivity contribution is -0.122. The second-order valence-corrected chi connectivity index (χ2v) is 5.87. The molecular formula is C14H24N4O3. The van der Waals surface area contributed by atoms with Gasteiger partial charge in [-0.2, -0.15) is 0 Å². The average Bonchev–Trinajstić information content (AvgIpc) is 2.75. The molecule has 0 atom stereocenters. The van der Waals surface area contributed by atoms with E-state index in [9.17, 15) is 9.59 Å². The van der Waals surface area contributed by atoms with Crippen LogP contribution in [0.1, 0.15) is 43.9 Å². The number of hydrogen-bond acceptors (Lipinski definition) is 5. The van der Waals surface area contributed by atoms with Crippen molar-refractivity contribution in [2.75, 3.05) is 13.2 Å². The Kier molecular flexibility index (Phi) is 6.33. The maximum atomic E-state index is 11.8. The summed E-state index contributed by atoms with van der Waals surface area (Å²) in [6.45, 7) is 10.6. The molecule has 0 aliphatic carbocycles. The standard InChI is InChI=1S/C14H24N4O3/c1-9(2)6-15-12(19)7-18-11(5)13(16-17-18)14(20)21-8-10(3)4/h9-10H,6-8H2,1-5H3,(H,15,19). The van der Waals surface area contributed by atoms with Crippen LogP contribution in [-0.4, -0.2) is 40.0 Å². The van der Waals surface area contributed by atoms with Gasteiger partial charge in [-0.1, -0.05) is 32.9 Å². The molecule has 0 spiro atoms. The first-order valence-electron chi connectivity index (χ1n) is 7.15. The van der Waals surface area contributed by atoms with E-state index in [0.29, 0.717) is 24.8 Å². The van der Waals surface area contributed by atoms with Crippen LogP contribution in [0.2, 0.25) is 0 Å². The number of hydrogen-bond donors (Lipinski definition) is 1. The van der Waals surface area contributed by atoms with Gasteiger partial charge in [0.1, 0.15) is 6.54 Å². The molecule has 0 radical (unpaired) electrons. The maximum absolute atomic E-state index is 11.8. The molecule has 1 rings (SSSR count). The van der Waals surface area contributed by atoms with E-state index in [-0.39, 0.29) is 24.1 Å². The summed E-state index contributed by atoms with van der Waals surface area (Å²) >= 11 is 0. The average molecular weight is 296 g/mol. The molecule has 7 nitrogen and oxygen atoms in total.